The number of anilines is 1. The van der Waals surface area contributed by atoms with E-state index in [9.17, 15) is 20.4 Å². The number of ether oxygens (including phenoxy) is 1. The number of phenolic OH excluding ortho intramolecular Hbond substituents is 2. The maximum atomic E-state index is 16.1. The predicted octanol–water partition coefficient (Wildman–Crippen LogP) is 9.61. The summed E-state index contributed by atoms with van der Waals surface area (Å²) >= 11 is 0. The van der Waals surface area contributed by atoms with Crippen LogP contribution < -0.4 is 15.4 Å². The SMILES string of the molecule is CNCC1C#CC2Nc3[nH]ccc3Cc3cc(ccc3C3(CCCC3)C1O)Cc1cc(cc(OC3CCCC3)c1O)CCC(=O)C(CCO)C(=O)C1C2=Cc2[nH]ccc2C1CC1C=Cc2c(O)cccc2CC1. The van der Waals surface area contributed by atoms with Crippen molar-refractivity contribution in [1.82, 2.24) is 15.3 Å². The van der Waals surface area contributed by atoms with Crippen LogP contribution in [0.25, 0.3) is 12.2 Å². The number of aromatic nitrogens is 2. The zero-order valence-electron chi connectivity index (χ0n) is 42.0. The van der Waals surface area contributed by atoms with E-state index in [0.717, 1.165) is 126 Å². The van der Waals surface area contributed by atoms with E-state index in [-0.39, 0.29) is 60.5 Å². The summed E-state index contributed by atoms with van der Waals surface area (Å²) in [4.78, 5) is 38.1. The maximum Gasteiger partial charge on any atom is 0.161 e. The fraction of sp³-hybridized carbons (Fsp3) is 0.452. The molecule has 8 N–H and O–H groups in total. The number of rotatable bonds is 8. The van der Waals surface area contributed by atoms with Crippen molar-refractivity contribution in [2.45, 2.75) is 132 Å². The highest BCUT2D eigenvalue weighted by molar-refractivity contribution is 6.05. The number of hydrogen-bond donors (Lipinski definition) is 8. The van der Waals surface area contributed by atoms with E-state index in [1.807, 2.05) is 43.7 Å². The molecule has 0 radical (unpaired) electrons. The summed E-state index contributed by atoms with van der Waals surface area (Å²) < 4.78 is 6.57. The van der Waals surface area contributed by atoms with Gasteiger partial charge >= 0.3 is 0 Å². The van der Waals surface area contributed by atoms with Crippen LogP contribution in [-0.2, 0) is 40.7 Å². The Labute approximate surface area is 429 Å². The monoisotopic (exact) mass is 983 g/mol. The number of fused-ring (bicyclic) bond motifs is 9. The highest BCUT2D eigenvalue weighted by Gasteiger charge is 2.48. The van der Waals surface area contributed by atoms with Crippen LogP contribution in [0.1, 0.15) is 139 Å². The number of aryl methyl sites for hydroxylation is 2. The average molecular weight is 983 g/mol. The normalized spacial score (nSPS) is 25.7. The molecule has 11 rings (SSSR count). The van der Waals surface area contributed by atoms with Crippen LogP contribution in [0.5, 0.6) is 17.2 Å². The third-order valence-corrected chi connectivity index (χ3v) is 17.5. The van der Waals surface area contributed by atoms with Gasteiger partial charge in [0.1, 0.15) is 23.4 Å². The van der Waals surface area contributed by atoms with Crippen LogP contribution in [-0.4, -0.2) is 80.4 Å². The number of Topliss-reactive ketones (excluding diaryl/α,β-unsaturated/α-hetero) is 2. The van der Waals surface area contributed by atoms with Gasteiger partial charge in [-0.15, -0.1) is 0 Å². The molecule has 0 amide bonds. The lowest BCUT2D eigenvalue weighted by molar-refractivity contribution is -0.135. The molecule has 7 atom stereocenters. The summed E-state index contributed by atoms with van der Waals surface area (Å²) in [7, 11) is 1.89. The zero-order chi connectivity index (χ0) is 50.2. The molecule has 2 saturated carbocycles. The van der Waals surface area contributed by atoms with Crippen LogP contribution in [0.2, 0.25) is 0 Å². The largest absolute Gasteiger partial charge is 0.507 e. The number of aliphatic hydroxyl groups is 2. The zero-order valence-corrected chi connectivity index (χ0v) is 42.0. The molecule has 6 aliphatic rings. The molecular weight excluding hydrogens is 913 g/mol. The second-order valence-electron chi connectivity index (χ2n) is 21.9. The second-order valence-corrected chi connectivity index (χ2v) is 21.9. The van der Waals surface area contributed by atoms with Gasteiger partial charge in [-0.3, -0.25) is 9.59 Å². The molecule has 3 aromatic carbocycles. The average Bonchev–Trinajstić information content (AvgIpc) is 4.24. The number of carbonyl (C=O) groups excluding carboxylic acids is 2. The van der Waals surface area contributed by atoms with Gasteiger partial charge in [0.15, 0.2) is 17.3 Å². The Bertz CT molecular complexity index is 2990. The first-order valence-electron chi connectivity index (χ1n) is 27.1. The van der Waals surface area contributed by atoms with Crippen LogP contribution in [0.4, 0.5) is 5.82 Å². The fourth-order valence-electron chi connectivity index (χ4n) is 13.7. The topological polar surface area (TPSA) is 180 Å². The highest BCUT2D eigenvalue weighted by Crippen LogP contribution is 2.50. The number of nitrogens with one attached hydrogen (secondary N) is 4. The van der Waals surface area contributed by atoms with E-state index in [2.05, 4.69) is 81.0 Å². The minimum Gasteiger partial charge on any atom is -0.507 e. The summed E-state index contributed by atoms with van der Waals surface area (Å²) in [6.45, 7) is 0.0947. The van der Waals surface area contributed by atoms with Crippen molar-refractivity contribution in [2.24, 2.45) is 23.7 Å². The first-order valence-corrected chi connectivity index (χ1v) is 27.1. The van der Waals surface area contributed by atoms with E-state index < -0.39 is 35.3 Å². The van der Waals surface area contributed by atoms with E-state index >= 15 is 9.59 Å². The van der Waals surface area contributed by atoms with Crippen molar-refractivity contribution >= 4 is 29.5 Å². The van der Waals surface area contributed by atoms with Gasteiger partial charge in [-0.25, -0.2) is 0 Å². The number of carbonyl (C=O) groups is 2. The third kappa shape index (κ3) is 9.59. The molecule has 2 aromatic heterocycles. The van der Waals surface area contributed by atoms with Gasteiger partial charge in [0.05, 0.1) is 24.0 Å². The molecule has 7 unspecified atom stereocenters. The number of allylic oxidation sites excluding steroid dienone is 1. The highest BCUT2D eigenvalue weighted by atomic mass is 16.5. The maximum absolute atomic E-state index is 16.1. The number of H-pyrrole nitrogens is 2. The quantitative estimate of drug-likeness (QED) is 0.0555. The Balaban J connectivity index is 1.10. The number of aromatic hydroxyl groups is 2. The molecule has 5 aromatic rings. The van der Waals surface area contributed by atoms with E-state index in [1.54, 1.807) is 6.07 Å². The Morgan fingerprint density at radius 3 is 2.48 bits per heavy atom. The standard InChI is InChI=1S/C62H70N4O7/c1-63-36-42-16-19-52-50-35-53-47(22-27-64-53)49(32-37-11-15-40-7-6-10-54(68)46(40)17-12-37)57(50)59(71)48(23-28-67)55(69)20-14-39-31-44(58(70)56(33-39)73-45-8-2-3-9-45)30-38-13-18-51(62(60(42)72)24-4-5-25-62)43(29-38)34-41-21-26-65-61(41)66-52/h6-7,10,12-13,17-18,21-22,26-27,29,31,33,35,37,42,45,48-49,52,57,60,63-68,70,72H,2-5,8-9,11,14-15,20,23-25,28,30,32,34,36H2,1H3. The summed E-state index contributed by atoms with van der Waals surface area (Å²) in [6, 6.07) is 19.6. The van der Waals surface area contributed by atoms with E-state index in [0.29, 0.717) is 43.5 Å². The van der Waals surface area contributed by atoms with Gasteiger partial charge in [0, 0.05) is 78.9 Å². The number of benzene rings is 3. The summed E-state index contributed by atoms with van der Waals surface area (Å²) in [5.74, 6) is 5.58. The van der Waals surface area contributed by atoms with Crippen LogP contribution in [0, 0.1) is 35.5 Å². The molecule has 5 bridgehead atoms. The molecular formula is C62H70N4O7. The first kappa shape index (κ1) is 48.9. The van der Waals surface area contributed by atoms with Gasteiger partial charge < -0.3 is 45.8 Å². The second kappa shape index (κ2) is 20.9. The molecule has 11 nitrogen and oxygen atoms in total. The minimum absolute atomic E-state index is 0.00917. The number of phenols is 2. The molecule has 11 heteroatoms. The third-order valence-electron chi connectivity index (χ3n) is 17.5. The Hall–Kier alpha value is -6.32. The summed E-state index contributed by atoms with van der Waals surface area (Å²) in [5, 5.41) is 53.9. The van der Waals surface area contributed by atoms with E-state index in [1.165, 1.54) is 0 Å². The number of aromatic amines is 2. The van der Waals surface area contributed by atoms with Crippen LogP contribution in [0.3, 0.4) is 0 Å². The van der Waals surface area contributed by atoms with Gasteiger partial charge in [-0.1, -0.05) is 73.2 Å². The fourth-order valence-corrected chi connectivity index (χ4v) is 13.7. The molecule has 4 heterocycles. The minimum atomic E-state index is -1.11. The van der Waals surface area contributed by atoms with Crippen molar-refractivity contribution in [3.8, 4) is 29.1 Å². The molecule has 73 heavy (non-hydrogen) atoms. The molecule has 4 aliphatic carbocycles. The number of ketones is 2. The van der Waals surface area contributed by atoms with Crippen molar-refractivity contribution in [3.05, 3.63) is 140 Å². The van der Waals surface area contributed by atoms with Gasteiger partial charge in [0.25, 0.3) is 0 Å². The van der Waals surface area contributed by atoms with Crippen molar-refractivity contribution in [2.75, 3.05) is 25.5 Å². The lowest BCUT2D eigenvalue weighted by Crippen LogP contribution is -2.45. The van der Waals surface area contributed by atoms with Gasteiger partial charge in [0.2, 0.25) is 0 Å². The predicted molar refractivity (Wildman–Crippen MR) is 285 cm³/mol. The molecule has 2 aliphatic heterocycles. The van der Waals surface area contributed by atoms with Crippen LogP contribution >= 0.6 is 0 Å². The first-order chi connectivity index (χ1) is 35.6. The number of aliphatic hydroxyl groups excluding tert-OH is 2. The van der Waals surface area contributed by atoms with Gasteiger partial charge in [-0.2, -0.15) is 0 Å². The molecule has 1 spiro atoms. The van der Waals surface area contributed by atoms with Crippen molar-refractivity contribution < 1.29 is 34.8 Å². The molecule has 2 fully saturated rings. The van der Waals surface area contributed by atoms with Crippen LogP contribution in [0.15, 0.2) is 84.7 Å². The lowest BCUT2D eigenvalue weighted by Gasteiger charge is -2.40. The molecule has 380 valence electrons. The van der Waals surface area contributed by atoms with Crippen molar-refractivity contribution in [3.63, 3.8) is 0 Å². The summed E-state index contributed by atoms with van der Waals surface area (Å²) in [6.07, 6.45) is 20.3. The van der Waals surface area contributed by atoms with Gasteiger partial charge in [-0.05, 0) is 158 Å². The van der Waals surface area contributed by atoms with E-state index in [4.69, 9.17) is 4.74 Å². The smallest absolute Gasteiger partial charge is 0.161 e. The summed E-state index contributed by atoms with van der Waals surface area (Å²) in [5.41, 5.74) is 9.71. The number of hydrogen-bond acceptors (Lipinski definition) is 9. The Morgan fingerprint density at radius 2 is 1.66 bits per heavy atom. The molecule has 0 saturated heterocycles. The Morgan fingerprint density at radius 1 is 0.836 bits per heavy atom. The Kier molecular flexibility index (Phi) is 14.0. The lowest BCUT2D eigenvalue weighted by atomic mass is 9.66. The van der Waals surface area contributed by atoms with Crippen molar-refractivity contribution in [1.29, 1.82) is 0 Å².